The smallest absolute Gasteiger partial charge is 0.255 e. The van der Waals surface area contributed by atoms with Gasteiger partial charge < -0.3 is 4.90 Å². The first-order chi connectivity index (χ1) is 8.78. The Morgan fingerprint density at radius 2 is 2.05 bits per heavy atom. The van der Waals surface area contributed by atoms with Gasteiger partial charge in [0.05, 0.1) is 12.2 Å². The number of hydrogen-bond acceptors (Lipinski definition) is 3. The summed E-state index contributed by atoms with van der Waals surface area (Å²) in [6.07, 6.45) is 0.258. The number of alkyl halides is 2. The third-order valence-corrected chi connectivity index (χ3v) is 3.79. The zero-order valence-electron chi connectivity index (χ0n) is 11.4. The summed E-state index contributed by atoms with van der Waals surface area (Å²) in [5, 5.41) is 0.397. The Kier molecular flexibility index (Phi) is 3.95. The molecule has 0 unspecified atom stereocenters. The van der Waals surface area contributed by atoms with E-state index in [1.54, 1.807) is 7.05 Å². The fraction of sp³-hybridized carbons (Fsp3) is 0.692. The Labute approximate surface area is 117 Å². The summed E-state index contributed by atoms with van der Waals surface area (Å²) in [5.41, 5.74) is 2.05. The van der Waals surface area contributed by atoms with Gasteiger partial charge in [-0.1, -0.05) is 25.4 Å². The molecule has 0 spiro atoms. The molecule has 0 bridgehead atoms. The van der Waals surface area contributed by atoms with E-state index < -0.39 is 6.43 Å². The van der Waals surface area contributed by atoms with Gasteiger partial charge in [-0.3, -0.25) is 0 Å². The van der Waals surface area contributed by atoms with E-state index in [-0.39, 0.29) is 17.9 Å². The van der Waals surface area contributed by atoms with E-state index in [1.807, 2.05) is 0 Å². The molecular weight excluding hydrogens is 272 g/mol. The van der Waals surface area contributed by atoms with Crippen molar-refractivity contribution < 1.29 is 8.78 Å². The highest BCUT2D eigenvalue weighted by Crippen LogP contribution is 2.37. The molecule has 2 rings (SSSR count). The summed E-state index contributed by atoms with van der Waals surface area (Å²) in [6.45, 7) is 3.98. The van der Waals surface area contributed by atoms with Crippen LogP contribution in [-0.4, -0.2) is 30.0 Å². The first kappa shape index (κ1) is 14.4. The third-order valence-electron chi connectivity index (χ3n) is 3.48. The Bertz CT molecular complexity index is 477. The number of halogens is 3. The molecule has 0 radical (unpaired) electrons. The Morgan fingerprint density at radius 1 is 1.37 bits per heavy atom. The summed E-state index contributed by atoms with van der Waals surface area (Å²) >= 11 is 6.19. The van der Waals surface area contributed by atoms with Gasteiger partial charge in [0.2, 0.25) is 5.95 Å². The van der Waals surface area contributed by atoms with E-state index in [0.29, 0.717) is 5.15 Å². The van der Waals surface area contributed by atoms with Crippen LogP contribution >= 0.6 is 11.6 Å². The number of aromatic nitrogens is 2. The van der Waals surface area contributed by atoms with Crippen molar-refractivity contribution in [1.29, 1.82) is 0 Å². The zero-order valence-corrected chi connectivity index (χ0v) is 12.1. The second kappa shape index (κ2) is 5.19. The standard InChI is InChI=1S/C13H18ClF2N3/c1-13(2)5-4-9-8(6-13)11(14)18-12(17-9)19(3)7-10(15)16/h10H,4-7H2,1-3H3. The van der Waals surface area contributed by atoms with Gasteiger partial charge in [0.15, 0.2) is 0 Å². The number of aryl methyl sites for hydroxylation is 1. The van der Waals surface area contributed by atoms with Crippen LogP contribution in [0.3, 0.4) is 0 Å². The van der Waals surface area contributed by atoms with Crippen molar-refractivity contribution in [2.45, 2.75) is 39.5 Å². The molecule has 19 heavy (non-hydrogen) atoms. The Morgan fingerprint density at radius 3 is 2.68 bits per heavy atom. The highest BCUT2D eigenvalue weighted by molar-refractivity contribution is 6.30. The molecule has 0 amide bonds. The SMILES string of the molecule is CN(CC(F)F)c1nc(Cl)c2c(n1)CCC(C)(C)C2. The normalized spacial score (nSPS) is 17.4. The lowest BCUT2D eigenvalue weighted by Gasteiger charge is -2.31. The van der Waals surface area contributed by atoms with Crippen LogP contribution in [0.4, 0.5) is 14.7 Å². The lowest BCUT2D eigenvalue weighted by atomic mass is 9.76. The quantitative estimate of drug-likeness (QED) is 0.799. The van der Waals surface area contributed by atoms with Crippen LogP contribution in [0.1, 0.15) is 31.5 Å². The second-order valence-corrected chi connectivity index (χ2v) is 6.21. The summed E-state index contributed by atoms with van der Waals surface area (Å²) in [5.74, 6) is 0.281. The molecule has 0 N–H and O–H groups in total. The summed E-state index contributed by atoms with van der Waals surface area (Å²) in [4.78, 5) is 9.89. The van der Waals surface area contributed by atoms with Crippen molar-refractivity contribution in [3.63, 3.8) is 0 Å². The van der Waals surface area contributed by atoms with E-state index in [2.05, 4.69) is 23.8 Å². The molecule has 106 valence electrons. The molecule has 0 saturated carbocycles. The van der Waals surface area contributed by atoms with Gasteiger partial charge in [0.25, 0.3) is 6.43 Å². The predicted octanol–water partition coefficient (Wildman–Crippen LogP) is 3.35. The monoisotopic (exact) mass is 289 g/mol. The van der Waals surface area contributed by atoms with Crippen LogP contribution in [-0.2, 0) is 12.8 Å². The number of nitrogens with zero attached hydrogens (tertiary/aromatic N) is 3. The first-order valence-electron chi connectivity index (χ1n) is 6.33. The molecule has 0 aliphatic heterocycles. The van der Waals surface area contributed by atoms with Gasteiger partial charge >= 0.3 is 0 Å². The molecule has 0 saturated heterocycles. The molecule has 0 atom stereocenters. The van der Waals surface area contributed by atoms with E-state index in [0.717, 1.165) is 30.5 Å². The zero-order chi connectivity index (χ0) is 14.2. The van der Waals surface area contributed by atoms with Crippen LogP contribution in [0.5, 0.6) is 0 Å². The minimum absolute atomic E-state index is 0.191. The number of hydrogen-bond donors (Lipinski definition) is 0. The minimum Gasteiger partial charge on any atom is -0.338 e. The van der Waals surface area contributed by atoms with Crippen molar-refractivity contribution in [3.05, 3.63) is 16.4 Å². The van der Waals surface area contributed by atoms with Gasteiger partial charge in [-0.25, -0.2) is 18.7 Å². The molecule has 1 aromatic rings. The van der Waals surface area contributed by atoms with Crippen LogP contribution in [0, 0.1) is 5.41 Å². The van der Waals surface area contributed by atoms with Crippen LogP contribution < -0.4 is 4.90 Å². The maximum atomic E-state index is 12.4. The lowest BCUT2D eigenvalue weighted by Crippen LogP contribution is -2.29. The molecule has 0 aromatic carbocycles. The lowest BCUT2D eigenvalue weighted by molar-refractivity contribution is 0.156. The van der Waals surface area contributed by atoms with Crippen LogP contribution in [0.15, 0.2) is 0 Å². The molecule has 6 heteroatoms. The van der Waals surface area contributed by atoms with E-state index in [4.69, 9.17) is 11.6 Å². The molecule has 1 aliphatic rings. The summed E-state index contributed by atoms with van der Waals surface area (Å²) < 4.78 is 24.8. The maximum Gasteiger partial charge on any atom is 0.255 e. The van der Waals surface area contributed by atoms with Gasteiger partial charge in [-0.2, -0.15) is 0 Å². The topological polar surface area (TPSA) is 29.0 Å². The van der Waals surface area contributed by atoms with Gasteiger partial charge in [-0.05, 0) is 24.7 Å². The Balaban J connectivity index is 2.30. The molecule has 3 nitrogen and oxygen atoms in total. The average Bonchev–Trinajstić information content (AvgIpc) is 2.28. The Hall–Kier alpha value is -0.970. The predicted molar refractivity (Wildman–Crippen MR) is 72.1 cm³/mol. The largest absolute Gasteiger partial charge is 0.338 e. The van der Waals surface area contributed by atoms with E-state index in [1.165, 1.54) is 4.90 Å². The summed E-state index contributed by atoms with van der Waals surface area (Å²) in [6, 6.07) is 0. The molecule has 1 aromatic heterocycles. The van der Waals surface area contributed by atoms with Crippen molar-refractivity contribution >= 4 is 17.5 Å². The van der Waals surface area contributed by atoms with Crippen molar-refractivity contribution in [2.24, 2.45) is 5.41 Å². The highest BCUT2D eigenvalue weighted by Gasteiger charge is 2.29. The van der Waals surface area contributed by atoms with Crippen LogP contribution in [0.2, 0.25) is 5.15 Å². The third kappa shape index (κ3) is 3.32. The van der Waals surface area contributed by atoms with Crippen molar-refractivity contribution in [3.8, 4) is 0 Å². The average molecular weight is 290 g/mol. The van der Waals surface area contributed by atoms with E-state index in [9.17, 15) is 8.78 Å². The van der Waals surface area contributed by atoms with Crippen LogP contribution in [0.25, 0.3) is 0 Å². The number of anilines is 1. The maximum absolute atomic E-state index is 12.4. The first-order valence-corrected chi connectivity index (χ1v) is 6.71. The van der Waals surface area contributed by atoms with Crippen molar-refractivity contribution in [1.82, 2.24) is 9.97 Å². The fourth-order valence-corrected chi connectivity index (χ4v) is 2.60. The highest BCUT2D eigenvalue weighted by atomic mass is 35.5. The second-order valence-electron chi connectivity index (χ2n) is 5.85. The van der Waals surface area contributed by atoms with Gasteiger partial charge in [0.1, 0.15) is 5.15 Å². The molecular formula is C13H18ClF2N3. The van der Waals surface area contributed by atoms with Crippen molar-refractivity contribution in [2.75, 3.05) is 18.5 Å². The van der Waals surface area contributed by atoms with Gasteiger partial charge in [0, 0.05) is 12.6 Å². The van der Waals surface area contributed by atoms with E-state index >= 15 is 0 Å². The fourth-order valence-electron chi connectivity index (χ4n) is 2.35. The summed E-state index contributed by atoms with van der Waals surface area (Å²) in [7, 11) is 1.55. The number of rotatable bonds is 3. The molecule has 0 fully saturated rings. The minimum atomic E-state index is -2.41. The van der Waals surface area contributed by atoms with Gasteiger partial charge in [-0.15, -0.1) is 0 Å². The molecule has 1 aliphatic carbocycles. The molecule has 1 heterocycles. The number of fused-ring (bicyclic) bond motifs is 1.